The zero-order chi connectivity index (χ0) is 25.1. The van der Waals surface area contributed by atoms with Crippen molar-refractivity contribution in [1.82, 2.24) is 19.6 Å². The second-order valence-electron chi connectivity index (χ2n) is 7.49. The molecule has 3 N–H and O–H groups in total. The van der Waals surface area contributed by atoms with E-state index in [4.69, 9.17) is 15.3 Å². The van der Waals surface area contributed by atoms with Crippen LogP contribution in [0.15, 0.2) is 41.0 Å². The Balaban J connectivity index is 1.50. The van der Waals surface area contributed by atoms with Crippen LogP contribution in [0.25, 0.3) is 0 Å². The van der Waals surface area contributed by atoms with Gasteiger partial charge in [0.15, 0.2) is 24.1 Å². The molecule has 0 radical (unpaired) electrons. The summed E-state index contributed by atoms with van der Waals surface area (Å²) in [5.41, 5.74) is 6.63. The van der Waals surface area contributed by atoms with Crippen molar-refractivity contribution in [3.63, 3.8) is 0 Å². The number of nitrogens with two attached hydrogens (primary N) is 1. The zero-order valence-electron chi connectivity index (χ0n) is 18.7. The standard InChI is InChI=1S/C20H21N7O6S2/c1-32-8-10-3-5-26(6-4-10)7-11-9-34-18-13(17(29)27(18)14(11)19(30)31)22-16(28)12(24-33-2)15-23-20(21)35-25-15/h3-6,13,18H,7-9H2,1-2H3,(H3-,21,22,23,25,28,30,31)/b24-12-/t13-,18+/m1/s1. The van der Waals surface area contributed by atoms with Gasteiger partial charge in [-0.05, 0) is 5.56 Å². The summed E-state index contributed by atoms with van der Waals surface area (Å²) in [7, 11) is 2.85. The molecule has 4 rings (SSSR count). The summed E-state index contributed by atoms with van der Waals surface area (Å²) in [5, 5.41) is 17.7. The van der Waals surface area contributed by atoms with Crippen molar-refractivity contribution in [3.8, 4) is 0 Å². The van der Waals surface area contributed by atoms with Crippen LogP contribution >= 0.6 is 23.3 Å². The number of nitrogen functional groups attached to an aromatic ring is 1. The van der Waals surface area contributed by atoms with Gasteiger partial charge in [-0.3, -0.25) is 14.5 Å². The van der Waals surface area contributed by atoms with Crippen molar-refractivity contribution >= 4 is 51.9 Å². The molecule has 2 aromatic heterocycles. The van der Waals surface area contributed by atoms with Crippen LogP contribution in [0, 0.1) is 0 Å². The number of methoxy groups -OCH3 is 1. The van der Waals surface area contributed by atoms with Crippen molar-refractivity contribution < 1.29 is 33.6 Å². The molecule has 2 aliphatic rings. The summed E-state index contributed by atoms with van der Waals surface area (Å²) in [6, 6.07) is 2.76. The number of ether oxygens (including phenoxy) is 1. The van der Waals surface area contributed by atoms with E-state index in [2.05, 4.69) is 19.8 Å². The molecule has 1 fully saturated rings. The highest BCUT2D eigenvalue weighted by Gasteiger charge is 2.53. The number of anilines is 1. The van der Waals surface area contributed by atoms with Crippen molar-refractivity contribution in [2.24, 2.45) is 5.16 Å². The first-order valence-corrected chi connectivity index (χ1v) is 12.0. The van der Waals surface area contributed by atoms with Gasteiger partial charge < -0.3 is 30.5 Å². The minimum atomic E-state index is -1.45. The fourth-order valence-corrected chi connectivity index (χ4v) is 5.46. The Bertz CT molecular complexity index is 1210. The number of aromatic nitrogens is 3. The Kier molecular flexibility index (Phi) is 7.28. The molecule has 0 aromatic carbocycles. The van der Waals surface area contributed by atoms with E-state index in [0.29, 0.717) is 17.9 Å². The van der Waals surface area contributed by atoms with Gasteiger partial charge in [0.1, 0.15) is 18.5 Å². The summed E-state index contributed by atoms with van der Waals surface area (Å²) >= 11 is 2.21. The first-order chi connectivity index (χ1) is 16.8. The van der Waals surface area contributed by atoms with Crippen LogP contribution in [0.1, 0.15) is 11.4 Å². The van der Waals surface area contributed by atoms with E-state index in [9.17, 15) is 19.5 Å². The number of amides is 2. The lowest BCUT2D eigenvalue weighted by Gasteiger charge is -2.50. The third kappa shape index (κ3) is 4.96. The first kappa shape index (κ1) is 24.6. The Morgan fingerprint density at radius 2 is 2.11 bits per heavy atom. The number of oxime groups is 1. The van der Waals surface area contributed by atoms with Crippen LogP contribution in [0.5, 0.6) is 0 Å². The molecule has 0 bridgehead atoms. The largest absolute Gasteiger partial charge is 0.543 e. The highest BCUT2D eigenvalue weighted by molar-refractivity contribution is 8.00. The maximum absolute atomic E-state index is 12.9. The minimum absolute atomic E-state index is 0.0436. The molecule has 4 heterocycles. The summed E-state index contributed by atoms with van der Waals surface area (Å²) < 4.78 is 10.8. The number of carboxylic acids is 1. The van der Waals surface area contributed by atoms with Gasteiger partial charge >= 0.3 is 0 Å². The highest BCUT2D eigenvalue weighted by Crippen LogP contribution is 2.40. The van der Waals surface area contributed by atoms with E-state index < -0.39 is 29.2 Å². The number of aliphatic carboxylic acids is 1. The van der Waals surface area contributed by atoms with Crippen LogP contribution in [-0.4, -0.2) is 69.1 Å². The molecule has 0 saturated carbocycles. The first-order valence-electron chi connectivity index (χ1n) is 10.2. The van der Waals surface area contributed by atoms with Crippen LogP contribution in [-0.2, 0) is 37.1 Å². The van der Waals surface area contributed by atoms with Gasteiger partial charge in [0.05, 0.1) is 18.3 Å². The highest BCUT2D eigenvalue weighted by atomic mass is 32.2. The predicted octanol–water partition coefficient (Wildman–Crippen LogP) is -1.99. The molecule has 35 heavy (non-hydrogen) atoms. The molecule has 1 saturated heterocycles. The van der Waals surface area contributed by atoms with Crippen LogP contribution in [0.3, 0.4) is 0 Å². The van der Waals surface area contributed by atoms with Crippen molar-refractivity contribution in [1.29, 1.82) is 0 Å². The summed E-state index contributed by atoms with van der Waals surface area (Å²) in [5.74, 6) is -2.49. The van der Waals surface area contributed by atoms with E-state index in [-0.39, 0.29) is 28.9 Å². The van der Waals surface area contributed by atoms with E-state index in [1.807, 2.05) is 29.1 Å². The molecule has 2 atom stereocenters. The van der Waals surface area contributed by atoms with Gasteiger partial charge in [-0.2, -0.15) is 9.36 Å². The number of pyridine rings is 1. The number of hydrogen-bond acceptors (Lipinski definition) is 12. The fraction of sp³-hybridized carbons (Fsp3) is 0.350. The van der Waals surface area contributed by atoms with Crippen LogP contribution in [0.4, 0.5) is 5.13 Å². The lowest BCUT2D eigenvalue weighted by atomic mass is 10.0. The molecular formula is C20H21N7O6S2. The topological polar surface area (TPSA) is 176 Å². The molecule has 184 valence electrons. The van der Waals surface area contributed by atoms with Crippen LogP contribution < -0.4 is 20.7 Å². The molecular weight excluding hydrogens is 498 g/mol. The van der Waals surface area contributed by atoms with Gasteiger partial charge in [0, 0.05) is 42.1 Å². The summed E-state index contributed by atoms with van der Waals surface area (Å²) in [4.78, 5) is 47.5. The molecule has 2 aromatic rings. The maximum Gasteiger partial charge on any atom is 0.278 e. The van der Waals surface area contributed by atoms with E-state index in [1.54, 1.807) is 7.11 Å². The Hall–Kier alpha value is -3.56. The fourth-order valence-electron chi connectivity index (χ4n) is 3.69. The number of carbonyl (C=O) groups excluding carboxylic acids is 3. The van der Waals surface area contributed by atoms with E-state index >= 15 is 0 Å². The molecule has 13 nitrogen and oxygen atoms in total. The van der Waals surface area contributed by atoms with E-state index in [0.717, 1.165) is 22.0 Å². The van der Waals surface area contributed by atoms with E-state index in [1.165, 1.54) is 18.9 Å². The zero-order valence-corrected chi connectivity index (χ0v) is 20.3. The van der Waals surface area contributed by atoms with Crippen molar-refractivity contribution in [2.75, 3.05) is 25.7 Å². The Labute approximate surface area is 207 Å². The third-order valence-corrected chi connectivity index (χ3v) is 7.11. The van der Waals surface area contributed by atoms with Gasteiger partial charge in [-0.25, -0.2) is 4.57 Å². The summed E-state index contributed by atoms with van der Waals surface area (Å²) in [6.45, 7) is 0.724. The third-order valence-electron chi connectivity index (χ3n) is 5.22. The second-order valence-corrected chi connectivity index (χ2v) is 9.38. The molecule has 0 spiro atoms. The lowest BCUT2D eigenvalue weighted by molar-refractivity contribution is -0.689. The number of β-lactam (4-membered cyclic amide) rings is 1. The normalized spacial score (nSPS) is 19.8. The van der Waals surface area contributed by atoms with Crippen molar-refractivity contribution in [2.45, 2.75) is 24.6 Å². The molecule has 0 unspecified atom stereocenters. The SMILES string of the molecule is COCc1cc[n+](CC2=C(C(=O)[O-])N3C(=O)[C@@H](NC(=O)/C(=N\OC)c4nsc(N)n4)[C@@H]3SC2)cc1. The van der Waals surface area contributed by atoms with Crippen molar-refractivity contribution in [3.05, 3.63) is 47.2 Å². The number of rotatable bonds is 9. The number of thioether (sulfide) groups is 1. The lowest BCUT2D eigenvalue weighted by Crippen LogP contribution is -2.71. The molecule has 2 amide bonds. The number of nitrogens with zero attached hydrogens (tertiary/aromatic N) is 5. The average Bonchev–Trinajstić information content (AvgIpc) is 3.27. The van der Waals surface area contributed by atoms with Gasteiger partial charge in [-0.15, -0.1) is 11.8 Å². The molecule has 0 aliphatic carbocycles. The number of carboxylic acid groups (broad SMARTS) is 1. The maximum atomic E-state index is 12.9. The number of fused-ring (bicyclic) bond motifs is 1. The number of hydrogen-bond donors (Lipinski definition) is 2. The molecule has 15 heteroatoms. The predicted molar refractivity (Wildman–Crippen MR) is 122 cm³/mol. The Morgan fingerprint density at radius 3 is 2.71 bits per heavy atom. The number of nitrogens with one attached hydrogen (secondary N) is 1. The molecule has 2 aliphatic heterocycles. The average molecular weight is 520 g/mol. The van der Waals surface area contributed by atoms with Gasteiger partial charge in [0.25, 0.3) is 11.8 Å². The second kappa shape index (κ2) is 10.4. The van der Waals surface area contributed by atoms with Gasteiger partial charge in [0.2, 0.25) is 11.5 Å². The number of carbonyl (C=O) groups is 3. The van der Waals surface area contributed by atoms with Crippen LogP contribution in [0.2, 0.25) is 0 Å². The monoisotopic (exact) mass is 519 g/mol. The smallest absolute Gasteiger partial charge is 0.278 e. The summed E-state index contributed by atoms with van der Waals surface area (Å²) in [6.07, 6.45) is 3.61. The minimum Gasteiger partial charge on any atom is -0.543 e. The van der Waals surface area contributed by atoms with Gasteiger partial charge in [-0.1, -0.05) is 5.16 Å². The Morgan fingerprint density at radius 1 is 1.37 bits per heavy atom. The quantitative estimate of drug-likeness (QED) is 0.163.